The first-order chi connectivity index (χ1) is 29.5. The molecule has 14 N–H and O–H groups in total. The molecule has 4 aromatic rings. The van der Waals surface area contributed by atoms with Crippen LogP contribution in [0.3, 0.4) is 0 Å². The Bertz CT molecular complexity index is 2590. The molecular formula is C34H38N5O21P3. The van der Waals surface area contributed by atoms with Crippen LogP contribution in [0.4, 0.5) is 5.82 Å². The van der Waals surface area contributed by atoms with E-state index in [-0.39, 0.29) is 71.6 Å². The van der Waals surface area contributed by atoms with E-state index >= 15 is 0 Å². The third-order valence-corrected chi connectivity index (χ3v) is 13.2. The number of esters is 1. The topological polar surface area (TPSA) is 425 Å². The van der Waals surface area contributed by atoms with Gasteiger partial charge in [-0.05, 0) is 36.4 Å². The number of rotatable bonds is 14. The number of hydrogen-bond acceptors (Lipinski definition) is 20. The molecule has 1 fully saturated rings. The molecule has 26 nitrogen and oxygen atoms in total. The summed E-state index contributed by atoms with van der Waals surface area (Å²) in [6.07, 6.45) is -3.35. The number of aromatic nitrogens is 2. The van der Waals surface area contributed by atoms with Crippen molar-refractivity contribution >= 4 is 41.2 Å². The summed E-state index contributed by atoms with van der Waals surface area (Å²) in [5.41, 5.74) is 15.7. The van der Waals surface area contributed by atoms with E-state index in [0.29, 0.717) is 16.7 Å². The van der Waals surface area contributed by atoms with Gasteiger partial charge < -0.3 is 76.1 Å². The standard InChI is InChI=1S/C25H22N2O8.C9H16N3O13P3/c26-7-8-33-20(11-27)21-14(23(30)31)3-6-17-22(21)24(32)35-25(17)15-4-1-12(28)9-18(15)34-19-10-13(29)2-5-16(19)25;10-7-1-2-12(9(14)11-7)8-3-5(13)6(23-8)4-22-27(18,19)25-28(20,21)24-26(15,16)17/h1-6,9-10,20,28-29H,7-8,11,26-27H2,(H,30,31);1-2,5-6,8,13H,3-4H2,(H,18,19)(H,20,21)(H2,10,11,14)(H2,15,16,17)/t;5-,6+,8+/m.0/s1. The number of anilines is 1. The summed E-state index contributed by atoms with van der Waals surface area (Å²) in [6.45, 7) is -0.677. The number of aromatic hydroxyl groups is 2. The Balaban J connectivity index is 0.000000216. The number of phosphoric acid groups is 3. The summed E-state index contributed by atoms with van der Waals surface area (Å²) in [7, 11) is -16.5. The molecule has 3 aliphatic rings. The molecule has 29 heteroatoms. The van der Waals surface area contributed by atoms with Crippen LogP contribution < -0.4 is 27.6 Å². The molecule has 0 radical (unpaired) electrons. The van der Waals surface area contributed by atoms with Gasteiger partial charge in [0.2, 0.25) is 0 Å². The maximum absolute atomic E-state index is 13.5. The van der Waals surface area contributed by atoms with E-state index in [2.05, 4.69) is 18.1 Å². The van der Waals surface area contributed by atoms with E-state index in [9.17, 15) is 53.4 Å². The van der Waals surface area contributed by atoms with Crippen molar-refractivity contribution in [2.24, 2.45) is 11.5 Å². The van der Waals surface area contributed by atoms with E-state index in [1.165, 1.54) is 48.7 Å². The second kappa shape index (κ2) is 18.2. The molecule has 1 aromatic heterocycles. The van der Waals surface area contributed by atoms with Crippen LogP contribution in [0, 0.1) is 0 Å². The largest absolute Gasteiger partial charge is 0.508 e. The first kappa shape index (κ1) is 47.4. The summed E-state index contributed by atoms with van der Waals surface area (Å²) in [5.74, 6) is -1.80. The molecule has 7 rings (SSSR count). The maximum Gasteiger partial charge on any atom is 0.490 e. The maximum atomic E-state index is 13.5. The summed E-state index contributed by atoms with van der Waals surface area (Å²) >= 11 is 0. The number of phosphoric ester groups is 1. The lowest BCUT2D eigenvalue weighted by Gasteiger charge is -2.36. The second-order valence-corrected chi connectivity index (χ2v) is 18.0. The quantitative estimate of drug-likeness (QED) is 0.0624. The fourth-order valence-corrected chi connectivity index (χ4v) is 10.00. The van der Waals surface area contributed by atoms with Gasteiger partial charge in [0, 0.05) is 60.1 Å². The van der Waals surface area contributed by atoms with Crippen LogP contribution in [0.2, 0.25) is 0 Å². The van der Waals surface area contributed by atoms with Crippen LogP contribution in [-0.2, 0) is 46.7 Å². The van der Waals surface area contributed by atoms with Crippen LogP contribution in [0.25, 0.3) is 0 Å². The number of benzene rings is 3. The highest BCUT2D eigenvalue weighted by molar-refractivity contribution is 7.66. The molecular weight excluding hydrogens is 907 g/mol. The lowest BCUT2D eigenvalue weighted by Crippen LogP contribution is -2.33. The predicted octanol–water partition coefficient (Wildman–Crippen LogP) is 1.16. The van der Waals surface area contributed by atoms with Crippen LogP contribution in [0.1, 0.15) is 61.7 Å². The highest BCUT2D eigenvalue weighted by Gasteiger charge is 2.55. The number of nitrogens with two attached hydrogens (primary N) is 3. The average molecular weight is 946 g/mol. The number of aromatic carboxylic acids is 1. The Kier molecular flexibility index (Phi) is 13.7. The summed E-state index contributed by atoms with van der Waals surface area (Å²) < 4.78 is 68.9. The highest BCUT2D eigenvalue weighted by Crippen LogP contribution is 2.66. The Hall–Kier alpha value is -5.11. The third kappa shape index (κ3) is 10.2. The van der Waals surface area contributed by atoms with Crippen molar-refractivity contribution in [2.75, 3.05) is 32.0 Å². The zero-order valence-electron chi connectivity index (χ0n) is 32.0. The lowest BCUT2D eigenvalue weighted by atomic mass is 9.76. The molecule has 3 unspecified atom stereocenters. The molecule has 340 valence electrons. The number of ether oxygens (including phenoxy) is 4. The third-order valence-electron chi connectivity index (χ3n) is 9.37. The van der Waals surface area contributed by atoms with Gasteiger partial charge in [-0.1, -0.05) is 6.07 Å². The first-order valence-corrected chi connectivity index (χ1v) is 22.5. The molecule has 4 heterocycles. The molecule has 63 heavy (non-hydrogen) atoms. The van der Waals surface area contributed by atoms with E-state index in [1.54, 1.807) is 12.1 Å². The predicted molar refractivity (Wildman–Crippen MR) is 209 cm³/mol. The van der Waals surface area contributed by atoms with Crippen molar-refractivity contribution in [1.29, 1.82) is 0 Å². The van der Waals surface area contributed by atoms with Crippen molar-refractivity contribution in [2.45, 2.75) is 36.6 Å². The first-order valence-electron chi connectivity index (χ1n) is 18.0. The SMILES string of the molecule is NCCOC(CN)c1c(C(=O)O)ccc2c1C(=O)OC21c2ccc(O)cc2Oc2cc(O)ccc21.Nc1ccn([C@H]2C[C@H](O)[C@@H](COP(=O)(O)OP(=O)(O)OP(=O)(O)O)O2)c(=O)n1. The van der Waals surface area contributed by atoms with E-state index in [0.717, 1.165) is 4.57 Å². The second-order valence-electron chi connectivity index (χ2n) is 13.5. The van der Waals surface area contributed by atoms with Crippen molar-refractivity contribution in [1.82, 2.24) is 9.55 Å². The number of fused-ring (bicyclic) bond motifs is 6. The lowest BCUT2D eigenvalue weighted by molar-refractivity contribution is -0.0449. The zero-order chi connectivity index (χ0) is 46.2. The minimum atomic E-state index is -5.65. The number of carboxylic acids is 1. The fraction of sp³-hybridized carbons (Fsp3) is 0.294. The Morgan fingerprint density at radius 1 is 0.921 bits per heavy atom. The molecule has 0 bridgehead atoms. The van der Waals surface area contributed by atoms with Gasteiger partial charge in [-0.2, -0.15) is 13.6 Å². The van der Waals surface area contributed by atoms with Gasteiger partial charge in [-0.25, -0.2) is 28.1 Å². The van der Waals surface area contributed by atoms with Gasteiger partial charge in [-0.3, -0.25) is 9.09 Å². The normalized spacial score (nSPS) is 20.7. The van der Waals surface area contributed by atoms with Crippen molar-refractivity contribution in [3.05, 3.63) is 105 Å². The van der Waals surface area contributed by atoms with Crippen molar-refractivity contribution in [3.8, 4) is 23.0 Å². The number of nitrogens with zero attached hydrogens (tertiary/aromatic N) is 2. The average Bonchev–Trinajstić information content (AvgIpc) is 3.69. The molecule has 1 saturated heterocycles. The molecule has 0 saturated carbocycles. The number of aliphatic hydroxyl groups excluding tert-OH is 1. The smallest absolute Gasteiger partial charge is 0.490 e. The van der Waals surface area contributed by atoms with Crippen molar-refractivity contribution < 1.29 is 95.4 Å². The number of nitrogen functional groups attached to an aromatic ring is 1. The minimum Gasteiger partial charge on any atom is -0.508 e. The Morgan fingerprint density at radius 3 is 2.10 bits per heavy atom. The monoisotopic (exact) mass is 945 g/mol. The van der Waals surface area contributed by atoms with Gasteiger partial charge >= 0.3 is 41.1 Å². The van der Waals surface area contributed by atoms with Crippen molar-refractivity contribution in [3.63, 3.8) is 0 Å². The molecule has 6 atom stereocenters. The number of aliphatic hydroxyl groups is 1. The van der Waals surface area contributed by atoms with Crippen LogP contribution >= 0.6 is 23.5 Å². The molecule has 0 aliphatic carbocycles. The molecule has 1 spiro atoms. The molecule has 3 aromatic carbocycles. The van der Waals surface area contributed by atoms with Gasteiger partial charge in [-0.15, -0.1) is 0 Å². The molecule has 0 amide bonds. The van der Waals surface area contributed by atoms with Crippen LogP contribution in [0.5, 0.6) is 23.0 Å². The van der Waals surface area contributed by atoms with Crippen LogP contribution in [-0.4, -0.2) is 100 Å². The van der Waals surface area contributed by atoms with Gasteiger partial charge in [0.15, 0.2) is 5.60 Å². The Labute approximate surface area is 353 Å². The minimum absolute atomic E-state index is 0.0253. The van der Waals surface area contributed by atoms with Gasteiger partial charge in [0.1, 0.15) is 41.1 Å². The summed E-state index contributed by atoms with van der Waals surface area (Å²) in [5, 5.41) is 39.9. The zero-order valence-corrected chi connectivity index (χ0v) is 34.7. The molecule has 3 aliphatic heterocycles. The summed E-state index contributed by atoms with van der Waals surface area (Å²) in [4.78, 5) is 76.2. The number of phenolic OH excluding ortho intramolecular Hbond substituents is 2. The van der Waals surface area contributed by atoms with Gasteiger partial charge in [0.05, 0.1) is 36.5 Å². The highest BCUT2D eigenvalue weighted by atomic mass is 31.3. The van der Waals surface area contributed by atoms with E-state index < -0.39 is 77.8 Å². The summed E-state index contributed by atoms with van der Waals surface area (Å²) in [6, 6.07) is 12.9. The fourth-order valence-electron chi connectivity index (χ4n) is 6.97. The van der Waals surface area contributed by atoms with E-state index in [1.807, 2.05) is 0 Å². The number of carbonyl (C=O) groups is 2. The van der Waals surface area contributed by atoms with Gasteiger partial charge in [0.25, 0.3) is 0 Å². The van der Waals surface area contributed by atoms with E-state index in [4.69, 9.17) is 50.8 Å². The Morgan fingerprint density at radius 2 is 1.54 bits per heavy atom. The number of hydrogen-bond donors (Lipinski definition) is 11. The number of phenols is 2. The number of carboxylic acid groups (broad SMARTS) is 1. The van der Waals surface area contributed by atoms with Crippen LogP contribution in [0.15, 0.2) is 65.6 Å². The number of carbonyl (C=O) groups excluding carboxylic acids is 1.